The van der Waals surface area contributed by atoms with Gasteiger partial charge in [-0.15, -0.1) is 0 Å². The molecule has 0 spiro atoms. The van der Waals surface area contributed by atoms with Gasteiger partial charge in [0.2, 0.25) is 5.95 Å². The molecule has 3 aromatic rings. The van der Waals surface area contributed by atoms with Crippen molar-refractivity contribution in [3.8, 4) is 11.5 Å². The van der Waals surface area contributed by atoms with Crippen LogP contribution in [0.3, 0.4) is 0 Å². The van der Waals surface area contributed by atoms with Crippen molar-refractivity contribution in [3.63, 3.8) is 0 Å². The van der Waals surface area contributed by atoms with Crippen molar-refractivity contribution in [2.75, 3.05) is 11.9 Å². The van der Waals surface area contributed by atoms with E-state index in [-0.39, 0.29) is 0 Å². The van der Waals surface area contributed by atoms with Gasteiger partial charge in [-0.3, -0.25) is 0 Å². The van der Waals surface area contributed by atoms with E-state index in [0.717, 1.165) is 15.6 Å². The van der Waals surface area contributed by atoms with Gasteiger partial charge in [-0.1, -0.05) is 50.9 Å². The summed E-state index contributed by atoms with van der Waals surface area (Å²) in [6, 6.07) is 12.2. The van der Waals surface area contributed by atoms with Crippen LogP contribution in [0.5, 0.6) is 11.5 Å². The molecule has 0 amide bonds. The normalized spacial score (nSPS) is 10.7. The lowest BCUT2D eigenvalue weighted by atomic mass is 10.1. The molecule has 3 rings (SSSR count). The van der Waals surface area contributed by atoms with Crippen LogP contribution < -0.4 is 14.8 Å². The summed E-state index contributed by atoms with van der Waals surface area (Å²) in [6.07, 6.45) is 0. The Bertz CT molecular complexity index is 929. The van der Waals surface area contributed by atoms with Crippen molar-refractivity contribution in [3.05, 3.63) is 57.6 Å². The van der Waals surface area contributed by atoms with Crippen molar-refractivity contribution >= 4 is 21.9 Å². The summed E-state index contributed by atoms with van der Waals surface area (Å²) >= 11 is 3.64. The number of benzene rings is 2. The fraction of sp³-hybridized carbons (Fsp3) is 0.350. The van der Waals surface area contributed by atoms with Crippen LogP contribution in [0.2, 0.25) is 0 Å². The second-order valence-corrected chi connectivity index (χ2v) is 7.13. The average Bonchev–Trinajstić information content (AvgIpc) is 3.14. The largest absolute Gasteiger partial charge is 0.490 e. The highest BCUT2D eigenvalue weighted by Gasteiger charge is 2.13. The van der Waals surface area contributed by atoms with Crippen LogP contribution in [0.1, 0.15) is 30.5 Å². The van der Waals surface area contributed by atoms with Crippen molar-refractivity contribution in [1.29, 1.82) is 0 Å². The predicted molar refractivity (Wildman–Crippen MR) is 112 cm³/mol. The molecule has 1 aromatic heterocycles. The van der Waals surface area contributed by atoms with Crippen LogP contribution >= 0.6 is 15.9 Å². The van der Waals surface area contributed by atoms with Gasteiger partial charge in [-0.25, -0.2) is 4.68 Å². The standard InChI is InChI=1S/C20H24BrN5O2/c1-4-26-20(23-24-25-26)22-12-16-10-18(27-5-2)19(11-17(16)21)28-13-15-8-6-7-14(3)9-15/h6-11H,4-5,12-13H2,1-3H3,(H,22,23,25). The number of anilines is 1. The number of tetrazole rings is 1. The van der Waals surface area contributed by atoms with E-state index in [4.69, 9.17) is 9.47 Å². The molecule has 28 heavy (non-hydrogen) atoms. The molecule has 1 heterocycles. The zero-order valence-electron chi connectivity index (χ0n) is 16.3. The van der Waals surface area contributed by atoms with Crippen LogP contribution in [0.15, 0.2) is 40.9 Å². The van der Waals surface area contributed by atoms with E-state index in [1.54, 1.807) is 4.68 Å². The second kappa shape index (κ2) is 9.54. The average molecular weight is 446 g/mol. The molecule has 8 heteroatoms. The number of aryl methyl sites for hydroxylation is 2. The first-order valence-corrected chi connectivity index (χ1v) is 10.0. The lowest BCUT2D eigenvalue weighted by molar-refractivity contribution is 0.269. The molecule has 0 saturated heterocycles. The minimum Gasteiger partial charge on any atom is -0.490 e. The molecular formula is C20H24BrN5O2. The SMILES string of the molecule is CCOc1cc(CNc2nnnn2CC)c(Br)cc1OCc1cccc(C)c1. The quantitative estimate of drug-likeness (QED) is 0.527. The summed E-state index contributed by atoms with van der Waals surface area (Å²) in [7, 11) is 0. The maximum absolute atomic E-state index is 6.04. The van der Waals surface area contributed by atoms with E-state index in [9.17, 15) is 0 Å². The Hall–Kier alpha value is -2.61. The van der Waals surface area contributed by atoms with Gasteiger partial charge in [-0.05, 0) is 54.5 Å². The summed E-state index contributed by atoms with van der Waals surface area (Å²) in [4.78, 5) is 0. The maximum Gasteiger partial charge on any atom is 0.243 e. The Labute approximate surface area is 173 Å². The molecule has 0 radical (unpaired) electrons. The Morgan fingerprint density at radius 2 is 1.93 bits per heavy atom. The summed E-state index contributed by atoms with van der Waals surface area (Å²) in [6.45, 7) is 8.32. The number of halogens is 1. The molecule has 0 atom stereocenters. The van der Waals surface area contributed by atoms with Crippen LogP contribution in [-0.4, -0.2) is 26.8 Å². The summed E-state index contributed by atoms with van der Waals surface area (Å²) in [5, 5.41) is 14.9. The Kier molecular flexibility index (Phi) is 6.86. The molecule has 1 N–H and O–H groups in total. The molecule has 0 aliphatic carbocycles. The van der Waals surface area contributed by atoms with Gasteiger partial charge < -0.3 is 14.8 Å². The van der Waals surface area contributed by atoms with Crippen molar-refractivity contribution in [2.24, 2.45) is 0 Å². The maximum atomic E-state index is 6.04. The predicted octanol–water partition coefficient (Wildman–Crippen LogP) is 4.35. The van der Waals surface area contributed by atoms with Crippen molar-refractivity contribution in [1.82, 2.24) is 20.2 Å². The third kappa shape index (κ3) is 5.01. The lowest BCUT2D eigenvalue weighted by Gasteiger charge is -2.16. The van der Waals surface area contributed by atoms with Gasteiger partial charge in [-0.2, -0.15) is 0 Å². The molecule has 0 unspecified atom stereocenters. The number of aromatic nitrogens is 4. The third-order valence-electron chi connectivity index (χ3n) is 4.16. The zero-order chi connectivity index (χ0) is 19.9. The molecule has 0 bridgehead atoms. The van der Waals surface area contributed by atoms with Gasteiger partial charge >= 0.3 is 0 Å². The number of ether oxygens (including phenoxy) is 2. The first-order chi connectivity index (χ1) is 13.6. The van der Waals surface area contributed by atoms with Crippen LogP contribution in [0, 0.1) is 6.92 Å². The summed E-state index contributed by atoms with van der Waals surface area (Å²) in [5.74, 6) is 2.05. The smallest absolute Gasteiger partial charge is 0.243 e. The van der Waals surface area contributed by atoms with Gasteiger partial charge in [0, 0.05) is 17.6 Å². The summed E-state index contributed by atoms with van der Waals surface area (Å²) in [5.41, 5.74) is 3.36. The zero-order valence-corrected chi connectivity index (χ0v) is 17.9. The molecule has 7 nitrogen and oxygen atoms in total. The Balaban J connectivity index is 1.75. The molecule has 148 valence electrons. The van der Waals surface area contributed by atoms with E-state index < -0.39 is 0 Å². The molecule has 0 aliphatic heterocycles. The molecule has 0 saturated carbocycles. The van der Waals surface area contributed by atoms with E-state index in [0.29, 0.717) is 43.8 Å². The van der Waals surface area contributed by atoms with Crippen LogP contribution in [-0.2, 0) is 19.7 Å². The highest BCUT2D eigenvalue weighted by Crippen LogP contribution is 2.34. The minimum absolute atomic E-state index is 0.483. The summed E-state index contributed by atoms with van der Waals surface area (Å²) < 4.78 is 14.5. The van der Waals surface area contributed by atoms with Crippen molar-refractivity contribution < 1.29 is 9.47 Å². The molecule has 0 aliphatic rings. The van der Waals surface area contributed by atoms with Crippen molar-refractivity contribution in [2.45, 2.75) is 40.5 Å². The molecule has 2 aromatic carbocycles. The molecular weight excluding hydrogens is 422 g/mol. The van der Waals surface area contributed by atoms with E-state index >= 15 is 0 Å². The topological polar surface area (TPSA) is 74.1 Å². The van der Waals surface area contributed by atoms with E-state index in [1.165, 1.54) is 5.56 Å². The fourth-order valence-electron chi connectivity index (χ4n) is 2.78. The monoisotopic (exact) mass is 445 g/mol. The number of nitrogens with zero attached hydrogens (tertiary/aromatic N) is 4. The third-order valence-corrected chi connectivity index (χ3v) is 4.90. The first kappa shape index (κ1) is 20.1. The second-order valence-electron chi connectivity index (χ2n) is 6.27. The number of nitrogens with one attached hydrogen (secondary N) is 1. The van der Waals surface area contributed by atoms with Gasteiger partial charge in [0.25, 0.3) is 0 Å². The van der Waals surface area contributed by atoms with E-state index in [1.807, 2.05) is 32.0 Å². The van der Waals surface area contributed by atoms with Crippen LogP contribution in [0.4, 0.5) is 5.95 Å². The molecule has 0 fully saturated rings. The van der Waals surface area contributed by atoms with Gasteiger partial charge in [0.1, 0.15) is 6.61 Å². The minimum atomic E-state index is 0.483. The highest BCUT2D eigenvalue weighted by atomic mass is 79.9. The fourth-order valence-corrected chi connectivity index (χ4v) is 3.24. The van der Waals surface area contributed by atoms with Crippen LogP contribution in [0.25, 0.3) is 0 Å². The number of hydrogen-bond donors (Lipinski definition) is 1. The first-order valence-electron chi connectivity index (χ1n) is 9.24. The van der Waals surface area contributed by atoms with E-state index in [2.05, 4.69) is 61.9 Å². The Morgan fingerprint density at radius 3 is 2.68 bits per heavy atom. The number of hydrogen-bond acceptors (Lipinski definition) is 6. The highest BCUT2D eigenvalue weighted by molar-refractivity contribution is 9.10. The lowest BCUT2D eigenvalue weighted by Crippen LogP contribution is -2.09. The number of rotatable bonds is 9. The van der Waals surface area contributed by atoms with Gasteiger partial charge in [0.05, 0.1) is 6.61 Å². The Morgan fingerprint density at radius 1 is 1.11 bits per heavy atom. The van der Waals surface area contributed by atoms with Gasteiger partial charge in [0.15, 0.2) is 11.5 Å².